The Labute approximate surface area is 159 Å². The highest BCUT2D eigenvalue weighted by Gasteiger charge is 2.16. The molecule has 0 atom stereocenters. The molecule has 0 aliphatic carbocycles. The Morgan fingerprint density at radius 2 is 1.92 bits per heavy atom. The van der Waals surface area contributed by atoms with Crippen molar-refractivity contribution in [3.8, 4) is 17.0 Å². The van der Waals surface area contributed by atoms with Gasteiger partial charge in [0.25, 0.3) is 5.91 Å². The number of carbonyl (C=O) groups excluding carboxylic acids is 1. The van der Waals surface area contributed by atoms with Crippen LogP contribution in [0.1, 0.15) is 15.9 Å². The largest absolute Gasteiger partial charge is 0.506 e. The van der Waals surface area contributed by atoms with E-state index < -0.39 is 5.91 Å². The van der Waals surface area contributed by atoms with Gasteiger partial charge in [-0.25, -0.2) is 4.98 Å². The minimum Gasteiger partial charge on any atom is -0.506 e. The summed E-state index contributed by atoms with van der Waals surface area (Å²) in [6, 6.07) is 11.3. The number of halogens is 2. The van der Waals surface area contributed by atoms with Crippen molar-refractivity contribution in [1.29, 1.82) is 0 Å². The van der Waals surface area contributed by atoms with E-state index in [9.17, 15) is 9.90 Å². The minimum atomic E-state index is -0.417. The van der Waals surface area contributed by atoms with Crippen molar-refractivity contribution in [2.75, 3.05) is 5.32 Å². The molecule has 0 saturated carbocycles. The molecule has 0 radical (unpaired) electrons. The van der Waals surface area contributed by atoms with Gasteiger partial charge in [-0.05, 0) is 35.0 Å². The zero-order valence-corrected chi connectivity index (χ0v) is 16.5. The van der Waals surface area contributed by atoms with Gasteiger partial charge in [0, 0.05) is 15.4 Å². The highest BCUT2D eigenvalue weighted by atomic mass is 79.9. The SMILES string of the molecule is Cc1ccc(-c2csc(NC(=O)c3cc(Br)cc(Br)c3O)n2)cc1. The highest BCUT2D eigenvalue weighted by molar-refractivity contribution is 9.11. The van der Waals surface area contributed by atoms with Crippen LogP contribution in [0.5, 0.6) is 5.75 Å². The number of nitrogens with zero attached hydrogens (tertiary/aromatic N) is 1. The fourth-order valence-electron chi connectivity index (χ4n) is 2.09. The third kappa shape index (κ3) is 3.68. The number of aromatic nitrogens is 1. The summed E-state index contributed by atoms with van der Waals surface area (Å²) in [5.41, 5.74) is 3.14. The predicted molar refractivity (Wildman–Crippen MR) is 104 cm³/mol. The standard InChI is InChI=1S/C17H12Br2N2O2S/c1-9-2-4-10(5-3-9)14-8-24-17(20-14)21-16(23)12-6-11(18)7-13(19)15(12)22/h2-8,22H,1H3,(H,20,21,23). The monoisotopic (exact) mass is 466 g/mol. The van der Waals surface area contributed by atoms with Crippen LogP contribution in [-0.2, 0) is 0 Å². The average molecular weight is 468 g/mol. The topological polar surface area (TPSA) is 62.2 Å². The Morgan fingerprint density at radius 3 is 2.62 bits per heavy atom. The normalized spacial score (nSPS) is 10.6. The van der Waals surface area contributed by atoms with Gasteiger partial charge in [0.1, 0.15) is 5.75 Å². The summed E-state index contributed by atoms with van der Waals surface area (Å²) in [5, 5.41) is 15.1. The van der Waals surface area contributed by atoms with E-state index >= 15 is 0 Å². The number of amides is 1. The molecule has 4 nitrogen and oxygen atoms in total. The number of hydrogen-bond donors (Lipinski definition) is 2. The van der Waals surface area contributed by atoms with Crippen LogP contribution in [0.4, 0.5) is 5.13 Å². The van der Waals surface area contributed by atoms with Gasteiger partial charge in [0.15, 0.2) is 5.13 Å². The van der Waals surface area contributed by atoms with Crippen LogP contribution in [0.15, 0.2) is 50.7 Å². The lowest BCUT2D eigenvalue weighted by Gasteiger charge is -2.07. The van der Waals surface area contributed by atoms with Gasteiger partial charge in [-0.1, -0.05) is 45.8 Å². The zero-order valence-electron chi connectivity index (χ0n) is 12.5. The summed E-state index contributed by atoms with van der Waals surface area (Å²) in [7, 11) is 0. The molecule has 0 aliphatic rings. The number of phenols is 1. The van der Waals surface area contributed by atoms with Gasteiger partial charge >= 0.3 is 0 Å². The lowest BCUT2D eigenvalue weighted by molar-refractivity contribution is 0.102. The average Bonchev–Trinajstić information content (AvgIpc) is 3.00. The maximum Gasteiger partial charge on any atom is 0.261 e. The van der Waals surface area contributed by atoms with Gasteiger partial charge in [-0.3, -0.25) is 10.1 Å². The molecule has 0 bridgehead atoms. The Morgan fingerprint density at radius 1 is 1.21 bits per heavy atom. The highest BCUT2D eigenvalue weighted by Crippen LogP contribution is 2.32. The molecule has 0 fully saturated rings. The van der Waals surface area contributed by atoms with Crippen molar-refractivity contribution < 1.29 is 9.90 Å². The second-order valence-electron chi connectivity index (χ2n) is 5.14. The second kappa shape index (κ2) is 7.04. The number of phenolic OH excluding ortho intramolecular Hbond substituents is 1. The Balaban J connectivity index is 1.82. The van der Waals surface area contributed by atoms with E-state index in [0.717, 1.165) is 11.3 Å². The fourth-order valence-corrected chi connectivity index (χ4v) is 4.03. The van der Waals surface area contributed by atoms with Gasteiger partial charge in [0.2, 0.25) is 0 Å². The first-order valence-electron chi connectivity index (χ1n) is 6.96. The molecule has 1 amide bonds. The molecule has 0 spiro atoms. The van der Waals surface area contributed by atoms with Gasteiger partial charge in [-0.2, -0.15) is 0 Å². The van der Waals surface area contributed by atoms with Crippen LogP contribution in [0, 0.1) is 6.92 Å². The van der Waals surface area contributed by atoms with Crippen LogP contribution >= 0.6 is 43.2 Å². The number of anilines is 1. The molecule has 24 heavy (non-hydrogen) atoms. The fraction of sp³-hybridized carbons (Fsp3) is 0.0588. The maximum absolute atomic E-state index is 12.4. The van der Waals surface area contributed by atoms with E-state index in [1.54, 1.807) is 12.1 Å². The Hall–Kier alpha value is -1.70. The molecule has 3 rings (SSSR count). The van der Waals surface area contributed by atoms with Gasteiger partial charge in [-0.15, -0.1) is 11.3 Å². The second-order valence-corrected chi connectivity index (χ2v) is 7.77. The van der Waals surface area contributed by atoms with E-state index in [4.69, 9.17) is 0 Å². The number of aromatic hydroxyl groups is 1. The number of hydrogen-bond acceptors (Lipinski definition) is 4. The quantitative estimate of drug-likeness (QED) is 0.526. The van der Waals surface area contributed by atoms with Crippen LogP contribution in [0.3, 0.4) is 0 Å². The number of carbonyl (C=O) groups is 1. The first kappa shape index (κ1) is 17.1. The third-order valence-corrected chi connectivity index (χ3v) is 5.16. The molecule has 1 heterocycles. The summed E-state index contributed by atoms with van der Waals surface area (Å²) in [4.78, 5) is 16.8. The third-order valence-electron chi connectivity index (χ3n) is 3.34. The lowest BCUT2D eigenvalue weighted by Crippen LogP contribution is -2.12. The molecule has 7 heteroatoms. The summed E-state index contributed by atoms with van der Waals surface area (Å²) >= 11 is 7.86. The van der Waals surface area contributed by atoms with E-state index in [1.165, 1.54) is 16.9 Å². The van der Waals surface area contributed by atoms with Crippen LogP contribution in [-0.4, -0.2) is 16.0 Å². The van der Waals surface area contributed by atoms with Crippen molar-refractivity contribution in [2.45, 2.75) is 6.92 Å². The Kier molecular flexibility index (Phi) is 5.03. The van der Waals surface area contributed by atoms with E-state index in [0.29, 0.717) is 14.1 Å². The molecule has 0 unspecified atom stereocenters. The molecule has 3 aromatic rings. The van der Waals surface area contributed by atoms with Crippen molar-refractivity contribution >= 4 is 54.2 Å². The summed E-state index contributed by atoms with van der Waals surface area (Å²) in [6.07, 6.45) is 0. The zero-order chi connectivity index (χ0) is 17.3. The maximum atomic E-state index is 12.4. The Bertz CT molecular complexity index is 907. The smallest absolute Gasteiger partial charge is 0.261 e. The van der Waals surface area contributed by atoms with Crippen molar-refractivity contribution in [2.24, 2.45) is 0 Å². The predicted octanol–water partition coefficient (Wildman–Crippen LogP) is 5.60. The molecular weight excluding hydrogens is 456 g/mol. The summed E-state index contributed by atoms with van der Waals surface area (Å²) in [6.45, 7) is 2.03. The molecule has 2 N–H and O–H groups in total. The molecule has 2 aromatic carbocycles. The number of benzene rings is 2. The van der Waals surface area contributed by atoms with E-state index in [-0.39, 0.29) is 11.3 Å². The van der Waals surface area contributed by atoms with Crippen molar-refractivity contribution in [3.63, 3.8) is 0 Å². The molecule has 1 aromatic heterocycles. The minimum absolute atomic E-state index is 0.106. The molecule has 122 valence electrons. The molecule has 0 saturated heterocycles. The number of thiazole rings is 1. The van der Waals surface area contributed by atoms with Crippen molar-refractivity contribution in [1.82, 2.24) is 4.98 Å². The number of aryl methyl sites for hydroxylation is 1. The summed E-state index contributed by atoms with van der Waals surface area (Å²) in [5.74, 6) is -0.523. The number of rotatable bonds is 3. The van der Waals surface area contributed by atoms with Gasteiger partial charge in [0.05, 0.1) is 15.7 Å². The first-order chi connectivity index (χ1) is 11.4. The first-order valence-corrected chi connectivity index (χ1v) is 9.42. The van der Waals surface area contributed by atoms with Gasteiger partial charge < -0.3 is 5.11 Å². The van der Waals surface area contributed by atoms with Crippen LogP contribution < -0.4 is 5.32 Å². The molecule has 0 aliphatic heterocycles. The van der Waals surface area contributed by atoms with Crippen LogP contribution in [0.2, 0.25) is 0 Å². The lowest BCUT2D eigenvalue weighted by atomic mass is 10.1. The summed E-state index contributed by atoms with van der Waals surface area (Å²) < 4.78 is 1.14. The van der Waals surface area contributed by atoms with Crippen LogP contribution in [0.25, 0.3) is 11.3 Å². The van der Waals surface area contributed by atoms with E-state index in [2.05, 4.69) is 42.2 Å². The number of nitrogens with one attached hydrogen (secondary N) is 1. The van der Waals surface area contributed by atoms with E-state index in [1.807, 2.05) is 36.6 Å². The molecular formula is C17H12Br2N2O2S. The van der Waals surface area contributed by atoms with Crippen molar-refractivity contribution in [3.05, 3.63) is 61.9 Å².